The molecule has 0 bridgehead atoms. The SMILES string of the molecule is CCOc1ncnc2c1ncn2C1CCC(CO)O1. The van der Waals surface area contributed by atoms with Crippen molar-refractivity contribution in [2.75, 3.05) is 13.2 Å². The predicted octanol–water partition coefficient (Wildman–Crippen LogP) is 0.895. The minimum atomic E-state index is -0.133. The summed E-state index contributed by atoms with van der Waals surface area (Å²) in [6.07, 6.45) is 4.59. The lowest BCUT2D eigenvalue weighted by atomic mass is 10.2. The summed E-state index contributed by atoms with van der Waals surface area (Å²) in [6, 6.07) is 0. The van der Waals surface area contributed by atoms with Crippen LogP contribution in [0, 0.1) is 0 Å². The lowest BCUT2D eigenvalue weighted by molar-refractivity contribution is -0.0207. The third kappa shape index (κ3) is 2.15. The molecule has 0 amide bonds. The Labute approximate surface area is 110 Å². The van der Waals surface area contributed by atoms with Gasteiger partial charge in [-0.25, -0.2) is 9.97 Å². The molecule has 7 nitrogen and oxygen atoms in total. The molecule has 7 heteroatoms. The molecule has 3 rings (SSSR count). The van der Waals surface area contributed by atoms with Crippen LogP contribution in [0.15, 0.2) is 12.7 Å². The first-order chi connectivity index (χ1) is 9.33. The van der Waals surface area contributed by atoms with Crippen LogP contribution in [-0.4, -0.2) is 43.9 Å². The predicted molar refractivity (Wildman–Crippen MR) is 66.7 cm³/mol. The molecular formula is C12H16N4O3. The maximum atomic E-state index is 9.11. The van der Waals surface area contributed by atoms with Crippen LogP contribution in [0.3, 0.4) is 0 Å². The van der Waals surface area contributed by atoms with Gasteiger partial charge in [0, 0.05) is 0 Å². The summed E-state index contributed by atoms with van der Waals surface area (Å²) in [6.45, 7) is 2.48. The molecule has 102 valence electrons. The van der Waals surface area contributed by atoms with Crippen molar-refractivity contribution in [1.29, 1.82) is 0 Å². The first-order valence-electron chi connectivity index (χ1n) is 6.40. The quantitative estimate of drug-likeness (QED) is 0.883. The fourth-order valence-electron chi connectivity index (χ4n) is 2.31. The standard InChI is InChI=1S/C12H16N4O3/c1-2-18-12-10-11(13-6-14-12)16(7-15-10)9-4-3-8(5-17)19-9/h6-9,17H,2-5H2,1H3. The Morgan fingerprint density at radius 1 is 1.42 bits per heavy atom. The van der Waals surface area contributed by atoms with E-state index in [1.54, 1.807) is 6.33 Å². The van der Waals surface area contributed by atoms with Crippen molar-refractivity contribution in [2.45, 2.75) is 32.1 Å². The lowest BCUT2D eigenvalue weighted by Gasteiger charge is -2.13. The largest absolute Gasteiger partial charge is 0.476 e. The van der Waals surface area contributed by atoms with Gasteiger partial charge in [-0.15, -0.1) is 0 Å². The van der Waals surface area contributed by atoms with Gasteiger partial charge in [-0.05, 0) is 19.8 Å². The number of rotatable bonds is 4. The molecule has 0 saturated carbocycles. The summed E-state index contributed by atoms with van der Waals surface area (Å²) >= 11 is 0. The molecule has 1 N–H and O–H groups in total. The van der Waals surface area contributed by atoms with Gasteiger partial charge in [-0.2, -0.15) is 4.98 Å². The minimum absolute atomic E-state index is 0.0440. The zero-order valence-electron chi connectivity index (χ0n) is 10.7. The maximum Gasteiger partial charge on any atom is 0.245 e. The van der Waals surface area contributed by atoms with E-state index in [0.717, 1.165) is 12.8 Å². The second kappa shape index (κ2) is 5.10. The molecule has 3 heterocycles. The Bertz CT molecular complexity index is 571. The highest BCUT2D eigenvalue weighted by atomic mass is 16.5. The summed E-state index contributed by atoms with van der Waals surface area (Å²) < 4.78 is 13.0. The number of hydrogen-bond donors (Lipinski definition) is 1. The number of nitrogens with zero attached hydrogens (tertiary/aromatic N) is 4. The van der Waals surface area contributed by atoms with E-state index in [1.807, 2.05) is 11.5 Å². The highest BCUT2D eigenvalue weighted by Crippen LogP contribution is 2.31. The van der Waals surface area contributed by atoms with Crippen molar-refractivity contribution < 1.29 is 14.6 Å². The number of fused-ring (bicyclic) bond motifs is 1. The highest BCUT2D eigenvalue weighted by Gasteiger charge is 2.27. The van der Waals surface area contributed by atoms with Crippen LogP contribution in [0.25, 0.3) is 11.2 Å². The Morgan fingerprint density at radius 3 is 3.05 bits per heavy atom. The zero-order chi connectivity index (χ0) is 13.2. The van der Waals surface area contributed by atoms with Gasteiger partial charge in [0.15, 0.2) is 11.2 Å². The van der Waals surface area contributed by atoms with E-state index in [0.29, 0.717) is 23.7 Å². The number of aliphatic hydroxyl groups is 1. The minimum Gasteiger partial charge on any atom is -0.476 e. The first kappa shape index (κ1) is 12.3. The molecule has 1 aliphatic rings. The fraction of sp³-hybridized carbons (Fsp3) is 0.583. The van der Waals surface area contributed by atoms with Gasteiger partial charge in [0.05, 0.1) is 25.6 Å². The van der Waals surface area contributed by atoms with Gasteiger partial charge in [0.25, 0.3) is 0 Å². The van der Waals surface area contributed by atoms with Crippen LogP contribution in [-0.2, 0) is 4.74 Å². The van der Waals surface area contributed by atoms with E-state index in [4.69, 9.17) is 14.6 Å². The van der Waals surface area contributed by atoms with Crippen LogP contribution in [0.2, 0.25) is 0 Å². The van der Waals surface area contributed by atoms with Gasteiger partial charge in [-0.3, -0.25) is 4.57 Å². The molecule has 2 atom stereocenters. The molecule has 0 radical (unpaired) electrons. The van der Waals surface area contributed by atoms with Gasteiger partial charge >= 0.3 is 0 Å². The number of aliphatic hydroxyl groups excluding tert-OH is 1. The molecule has 1 aliphatic heterocycles. The highest BCUT2D eigenvalue weighted by molar-refractivity contribution is 5.75. The van der Waals surface area contributed by atoms with Crippen LogP contribution in [0.5, 0.6) is 5.88 Å². The number of hydrogen-bond acceptors (Lipinski definition) is 6. The summed E-state index contributed by atoms with van der Waals surface area (Å²) in [5.74, 6) is 0.489. The van der Waals surface area contributed by atoms with Crippen molar-refractivity contribution in [1.82, 2.24) is 19.5 Å². The molecular weight excluding hydrogens is 248 g/mol. The zero-order valence-corrected chi connectivity index (χ0v) is 10.7. The van der Waals surface area contributed by atoms with Gasteiger partial charge in [-0.1, -0.05) is 0 Å². The average molecular weight is 264 g/mol. The average Bonchev–Trinajstić information content (AvgIpc) is 3.05. The second-order valence-corrected chi connectivity index (χ2v) is 4.41. The molecule has 0 aromatic carbocycles. The van der Waals surface area contributed by atoms with Gasteiger partial charge < -0.3 is 14.6 Å². The Balaban J connectivity index is 1.95. The van der Waals surface area contributed by atoms with Crippen LogP contribution < -0.4 is 4.74 Å². The Kier molecular flexibility index (Phi) is 3.31. The molecule has 2 unspecified atom stereocenters. The number of aromatic nitrogens is 4. The molecule has 0 spiro atoms. The maximum absolute atomic E-state index is 9.11. The topological polar surface area (TPSA) is 82.3 Å². The first-order valence-corrected chi connectivity index (χ1v) is 6.40. The Morgan fingerprint density at radius 2 is 2.32 bits per heavy atom. The van der Waals surface area contributed by atoms with E-state index in [2.05, 4.69) is 15.0 Å². The smallest absolute Gasteiger partial charge is 0.245 e. The second-order valence-electron chi connectivity index (χ2n) is 4.41. The van der Waals surface area contributed by atoms with Crippen molar-refractivity contribution >= 4 is 11.2 Å². The fourth-order valence-corrected chi connectivity index (χ4v) is 2.31. The molecule has 2 aromatic rings. The molecule has 0 aliphatic carbocycles. The van der Waals surface area contributed by atoms with Crippen molar-refractivity contribution in [3.63, 3.8) is 0 Å². The van der Waals surface area contributed by atoms with Crippen molar-refractivity contribution in [2.24, 2.45) is 0 Å². The van der Waals surface area contributed by atoms with Crippen LogP contribution >= 0.6 is 0 Å². The van der Waals surface area contributed by atoms with E-state index >= 15 is 0 Å². The van der Waals surface area contributed by atoms with Crippen molar-refractivity contribution in [3.8, 4) is 5.88 Å². The molecule has 1 fully saturated rings. The van der Waals surface area contributed by atoms with Crippen LogP contribution in [0.1, 0.15) is 26.0 Å². The molecule has 1 saturated heterocycles. The van der Waals surface area contributed by atoms with E-state index in [9.17, 15) is 0 Å². The summed E-state index contributed by atoms with van der Waals surface area (Å²) in [7, 11) is 0. The van der Waals surface area contributed by atoms with Gasteiger partial charge in [0.2, 0.25) is 5.88 Å². The van der Waals surface area contributed by atoms with E-state index in [1.165, 1.54) is 6.33 Å². The van der Waals surface area contributed by atoms with E-state index < -0.39 is 0 Å². The summed E-state index contributed by atoms with van der Waals surface area (Å²) in [5, 5.41) is 9.11. The number of ether oxygens (including phenoxy) is 2. The third-order valence-electron chi connectivity index (χ3n) is 3.21. The number of imidazole rings is 1. The lowest BCUT2D eigenvalue weighted by Crippen LogP contribution is -2.14. The normalized spacial score (nSPS) is 23.1. The summed E-state index contributed by atoms with van der Waals surface area (Å²) in [4.78, 5) is 12.6. The molecule has 2 aromatic heterocycles. The van der Waals surface area contributed by atoms with Crippen LogP contribution in [0.4, 0.5) is 0 Å². The summed E-state index contributed by atoms with van der Waals surface area (Å²) in [5.41, 5.74) is 1.34. The van der Waals surface area contributed by atoms with Gasteiger partial charge in [0.1, 0.15) is 12.6 Å². The Hall–Kier alpha value is -1.73. The third-order valence-corrected chi connectivity index (χ3v) is 3.21. The van der Waals surface area contributed by atoms with Crippen molar-refractivity contribution in [3.05, 3.63) is 12.7 Å². The molecule has 19 heavy (non-hydrogen) atoms. The van der Waals surface area contributed by atoms with E-state index in [-0.39, 0.29) is 18.9 Å². The monoisotopic (exact) mass is 264 g/mol.